The molecule has 0 saturated heterocycles. The van der Waals surface area contributed by atoms with Crippen molar-refractivity contribution in [1.29, 1.82) is 0 Å². The van der Waals surface area contributed by atoms with E-state index in [0.29, 0.717) is 11.4 Å². The van der Waals surface area contributed by atoms with Crippen molar-refractivity contribution in [2.24, 2.45) is 0 Å². The first kappa shape index (κ1) is 16.7. The zero-order valence-electron chi connectivity index (χ0n) is 10.8. The maximum atomic E-state index is 12.5. The summed E-state index contributed by atoms with van der Waals surface area (Å²) in [5.41, 5.74) is 0. The fourth-order valence-corrected chi connectivity index (χ4v) is 3.72. The number of hydrogen-bond acceptors (Lipinski definition) is 3. The molecule has 0 unspecified atom stereocenters. The molecule has 0 fully saturated rings. The van der Waals surface area contributed by atoms with Gasteiger partial charge in [0, 0.05) is 19.2 Å². The second kappa shape index (κ2) is 6.90. The molecular formula is C12H17Cl2NO3S. The molecule has 0 radical (unpaired) electrons. The smallest absolute Gasteiger partial charge is 0.243 e. The fraction of sp³-hybridized carbons (Fsp3) is 0.500. The van der Waals surface area contributed by atoms with E-state index in [4.69, 9.17) is 28.3 Å². The van der Waals surface area contributed by atoms with Crippen molar-refractivity contribution in [1.82, 2.24) is 4.31 Å². The molecule has 0 aliphatic rings. The lowest BCUT2D eigenvalue weighted by Crippen LogP contribution is -2.38. The second-order valence-electron chi connectivity index (χ2n) is 4.36. The molecule has 108 valence electrons. The highest BCUT2D eigenvalue weighted by Gasteiger charge is 2.26. The highest BCUT2D eigenvalue weighted by atomic mass is 35.5. The van der Waals surface area contributed by atoms with Crippen molar-refractivity contribution in [2.75, 3.05) is 13.2 Å². The van der Waals surface area contributed by atoms with Crippen LogP contribution in [-0.2, 0) is 10.0 Å². The topological polar surface area (TPSA) is 57.6 Å². The van der Waals surface area contributed by atoms with Crippen molar-refractivity contribution in [3.63, 3.8) is 0 Å². The van der Waals surface area contributed by atoms with Crippen molar-refractivity contribution >= 4 is 33.2 Å². The molecule has 1 N–H and O–H groups in total. The molecular weight excluding hydrogens is 309 g/mol. The fourth-order valence-electron chi connectivity index (χ4n) is 1.66. The van der Waals surface area contributed by atoms with Crippen LogP contribution in [-0.4, -0.2) is 37.0 Å². The van der Waals surface area contributed by atoms with Gasteiger partial charge in [0.2, 0.25) is 10.0 Å². The molecule has 4 nitrogen and oxygen atoms in total. The summed E-state index contributed by atoms with van der Waals surface area (Å²) in [5, 5.41) is 9.37. The summed E-state index contributed by atoms with van der Waals surface area (Å²) in [4.78, 5) is 0.105. The summed E-state index contributed by atoms with van der Waals surface area (Å²) in [6.45, 7) is 3.77. The van der Waals surface area contributed by atoms with Crippen LogP contribution >= 0.6 is 23.2 Å². The normalized spacial score (nSPS) is 12.4. The molecule has 7 heteroatoms. The standard InChI is InChI=1S/C12H17Cl2NO3S/c1-9(2)15(6-3-7-16)19(17,18)10-4-5-11(13)12(14)8-10/h4-5,8-9,16H,3,6-7H2,1-2H3. The third-order valence-electron chi connectivity index (χ3n) is 2.61. The van der Waals surface area contributed by atoms with E-state index in [0.717, 1.165) is 0 Å². The molecule has 0 aromatic heterocycles. The minimum absolute atomic E-state index is 0.0554. The maximum absolute atomic E-state index is 12.5. The van der Waals surface area contributed by atoms with Gasteiger partial charge in [-0.15, -0.1) is 0 Å². The van der Waals surface area contributed by atoms with Gasteiger partial charge in [-0.2, -0.15) is 4.31 Å². The second-order valence-corrected chi connectivity index (χ2v) is 7.07. The van der Waals surface area contributed by atoms with Crippen LogP contribution in [0.25, 0.3) is 0 Å². The zero-order chi connectivity index (χ0) is 14.6. The van der Waals surface area contributed by atoms with Crippen molar-refractivity contribution in [3.05, 3.63) is 28.2 Å². The molecule has 0 saturated carbocycles. The Kier molecular flexibility index (Phi) is 6.08. The van der Waals surface area contributed by atoms with E-state index in [1.807, 2.05) is 0 Å². The van der Waals surface area contributed by atoms with Gasteiger partial charge in [-0.05, 0) is 38.5 Å². The van der Waals surface area contributed by atoms with Crippen LogP contribution in [0.5, 0.6) is 0 Å². The average molecular weight is 326 g/mol. The molecule has 0 bridgehead atoms. The predicted octanol–water partition coefficient (Wildman–Crippen LogP) is 2.77. The zero-order valence-corrected chi connectivity index (χ0v) is 13.1. The van der Waals surface area contributed by atoms with E-state index < -0.39 is 10.0 Å². The average Bonchev–Trinajstić information content (AvgIpc) is 2.32. The summed E-state index contributed by atoms with van der Waals surface area (Å²) in [7, 11) is -3.63. The molecule has 19 heavy (non-hydrogen) atoms. The van der Waals surface area contributed by atoms with Gasteiger partial charge in [-0.1, -0.05) is 23.2 Å². The van der Waals surface area contributed by atoms with Gasteiger partial charge in [0.15, 0.2) is 0 Å². The van der Waals surface area contributed by atoms with E-state index in [-0.39, 0.29) is 29.1 Å². The highest BCUT2D eigenvalue weighted by Crippen LogP contribution is 2.27. The largest absolute Gasteiger partial charge is 0.396 e. The lowest BCUT2D eigenvalue weighted by molar-refractivity contribution is 0.258. The Balaban J connectivity index is 3.15. The van der Waals surface area contributed by atoms with E-state index in [9.17, 15) is 8.42 Å². The number of aliphatic hydroxyl groups excluding tert-OH is 1. The van der Waals surface area contributed by atoms with Crippen LogP contribution in [0.1, 0.15) is 20.3 Å². The molecule has 1 rings (SSSR count). The Labute approximate surface area is 124 Å². The number of nitrogens with zero attached hydrogens (tertiary/aromatic N) is 1. The summed E-state index contributed by atoms with van der Waals surface area (Å²) >= 11 is 11.6. The van der Waals surface area contributed by atoms with Gasteiger partial charge in [0.25, 0.3) is 0 Å². The van der Waals surface area contributed by atoms with Crippen molar-refractivity contribution in [2.45, 2.75) is 31.2 Å². The van der Waals surface area contributed by atoms with Crippen LogP contribution in [0.4, 0.5) is 0 Å². The Hall–Kier alpha value is -0.330. The van der Waals surface area contributed by atoms with E-state index in [2.05, 4.69) is 0 Å². The molecule has 1 aromatic carbocycles. The summed E-state index contributed by atoms with van der Waals surface area (Å²) in [5.74, 6) is 0. The van der Waals surface area contributed by atoms with E-state index >= 15 is 0 Å². The third-order valence-corrected chi connectivity index (χ3v) is 5.42. The first-order chi connectivity index (χ1) is 8.80. The summed E-state index contributed by atoms with van der Waals surface area (Å²) < 4.78 is 26.3. The lowest BCUT2D eigenvalue weighted by Gasteiger charge is -2.25. The number of hydrogen-bond donors (Lipinski definition) is 1. The van der Waals surface area contributed by atoms with Gasteiger partial charge in [0.05, 0.1) is 14.9 Å². The SMILES string of the molecule is CC(C)N(CCCO)S(=O)(=O)c1ccc(Cl)c(Cl)c1. The monoisotopic (exact) mass is 325 g/mol. The van der Waals surface area contributed by atoms with Gasteiger partial charge >= 0.3 is 0 Å². The molecule has 0 atom stereocenters. The van der Waals surface area contributed by atoms with E-state index in [1.54, 1.807) is 13.8 Å². The Morgan fingerprint density at radius 1 is 1.26 bits per heavy atom. The minimum atomic E-state index is -3.63. The number of sulfonamides is 1. The molecule has 0 heterocycles. The minimum Gasteiger partial charge on any atom is -0.396 e. The van der Waals surface area contributed by atoms with Crippen LogP contribution < -0.4 is 0 Å². The first-order valence-corrected chi connectivity index (χ1v) is 8.08. The molecule has 1 aromatic rings. The van der Waals surface area contributed by atoms with Crippen LogP contribution in [0.2, 0.25) is 10.0 Å². The van der Waals surface area contributed by atoms with Crippen LogP contribution in [0, 0.1) is 0 Å². The number of rotatable bonds is 6. The maximum Gasteiger partial charge on any atom is 0.243 e. The van der Waals surface area contributed by atoms with Gasteiger partial charge in [-0.3, -0.25) is 0 Å². The molecule has 0 amide bonds. The Morgan fingerprint density at radius 3 is 2.37 bits per heavy atom. The molecule has 0 aliphatic carbocycles. The van der Waals surface area contributed by atoms with Crippen LogP contribution in [0.3, 0.4) is 0 Å². The summed E-state index contributed by atoms with van der Waals surface area (Å²) in [6, 6.07) is 4.03. The Bertz CT molecular complexity index is 532. The molecule has 0 aliphatic heterocycles. The van der Waals surface area contributed by atoms with Gasteiger partial charge < -0.3 is 5.11 Å². The van der Waals surface area contributed by atoms with Crippen molar-refractivity contribution < 1.29 is 13.5 Å². The van der Waals surface area contributed by atoms with Gasteiger partial charge in [-0.25, -0.2) is 8.42 Å². The quantitative estimate of drug-likeness (QED) is 0.874. The van der Waals surface area contributed by atoms with Crippen LogP contribution in [0.15, 0.2) is 23.1 Å². The van der Waals surface area contributed by atoms with E-state index in [1.165, 1.54) is 22.5 Å². The number of halogens is 2. The Morgan fingerprint density at radius 2 is 1.89 bits per heavy atom. The first-order valence-electron chi connectivity index (χ1n) is 5.88. The lowest BCUT2D eigenvalue weighted by atomic mass is 10.3. The summed E-state index contributed by atoms with van der Waals surface area (Å²) in [6.07, 6.45) is 0.388. The van der Waals surface area contributed by atoms with Crippen molar-refractivity contribution in [3.8, 4) is 0 Å². The van der Waals surface area contributed by atoms with Gasteiger partial charge in [0.1, 0.15) is 0 Å². The highest BCUT2D eigenvalue weighted by molar-refractivity contribution is 7.89. The number of benzene rings is 1. The predicted molar refractivity (Wildman–Crippen MR) is 77.2 cm³/mol. The number of aliphatic hydroxyl groups is 1. The molecule has 0 spiro atoms. The third kappa shape index (κ3) is 4.07.